The molecule has 1 unspecified atom stereocenters. The number of carboxylic acids is 1. The summed E-state index contributed by atoms with van der Waals surface area (Å²) in [4.78, 5) is 25.1. The fourth-order valence-corrected chi connectivity index (χ4v) is 2.38. The highest BCUT2D eigenvalue weighted by Crippen LogP contribution is 2.20. The SMILES string of the molecule is COc1cc(C(=O)O)cc(C(=O)N(C)CC2CCOC2)c1. The molecular weight excluding hydrogens is 274 g/mol. The van der Waals surface area contributed by atoms with Gasteiger partial charge in [-0.25, -0.2) is 4.79 Å². The largest absolute Gasteiger partial charge is 0.497 e. The topological polar surface area (TPSA) is 76.1 Å². The molecule has 1 saturated heterocycles. The van der Waals surface area contributed by atoms with Crippen LogP contribution in [0.5, 0.6) is 5.75 Å². The predicted octanol–water partition coefficient (Wildman–Crippen LogP) is 1.50. The minimum absolute atomic E-state index is 0.0373. The van der Waals surface area contributed by atoms with E-state index in [1.54, 1.807) is 18.0 Å². The normalized spacial score (nSPS) is 17.5. The highest BCUT2D eigenvalue weighted by Gasteiger charge is 2.22. The zero-order valence-electron chi connectivity index (χ0n) is 12.2. The Hall–Kier alpha value is -2.08. The van der Waals surface area contributed by atoms with Gasteiger partial charge in [0.25, 0.3) is 5.91 Å². The first kappa shape index (κ1) is 15.3. The summed E-state index contributed by atoms with van der Waals surface area (Å²) < 4.78 is 10.3. The van der Waals surface area contributed by atoms with Gasteiger partial charge in [0, 0.05) is 31.7 Å². The summed E-state index contributed by atoms with van der Waals surface area (Å²) in [5.41, 5.74) is 0.350. The lowest BCUT2D eigenvalue weighted by molar-refractivity contribution is 0.0696. The molecule has 0 aromatic heterocycles. The van der Waals surface area contributed by atoms with Gasteiger partial charge in [0.2, 0.25) is 0 Å². The Morgan fingerprint density at radius 1 is 1.38 bits per heavy atom. The second-order valence-corrected chi connectivity index (χ2v) is 5.17. The summed E-state index contributed by atoms with van der Waals surface area (Å²) in [6, 6.07) is 4.31. The molecule has 0 spiro atoms. The third-order valence-corrected chi connectivity index (χ3v) is 3.54. The Bertz CT molecular complexity index is 537. The monoisotopic (exact) mass is 293 g/mol. The molecule has 1 aliphatic heterocycles. The average Bonchev–Trinajstić information content (AvgIpc) is 2.98. The van der Waals surface area contributed by atoms with E-state index in [1.807, 2.05) is 0 Å². The number of ether oxygens (including phenoxy) is 2. The maximum absolute atomic E-state index is 12.4. The lowest BCUT2D eigenvalue weighted by Gasteiger charge is -2.21. The standard InChI is InChI=1S/C15H19NO5/c1-16(8-10-3-4-21-9-10)14(17)11-5-12(15(18)19)7-13(6-11)20-2/h5-7,10H,3-4,8-9H2,1-2H3,(H,18,19). The third-order valence-electron chi connectivity index (χ3n) is 3.54. The highest BCUT2D eigenvalue weighted by atomic mass is 16.5. The average molecular weight is 293 g/mol. The highest BCUT2D eigenvalue weighted by molar-refractivity contribution is 5.98. The molecule has 1 aromatic rings. The molecule has 1 aromatic carbocycles. The molecule has 6 nitrogen and oxygen atoms in total. The van der Waals surface area contributed by atoms with Crippen LogP contribution in [-0.4, -0.2) is 55.8 Å². The van der Waals surface area contributed by atoms with Crippen LogP contribution in [0.3, 0.4) is 0 Å². The summed E-state index contributed by atoms with van der Waals surface area (Å²) in [5.74, 6) is -0.613. The van der Waals surface area contributed by atoms with Crippen LogP contribution in [0.4, 0.5) is 0 Å². The molecule has 0 saturated carbocycles. The van der Waals surface area contributed by atoms with Crippen LogP contribution in [0.25, 0.3) is 0 Å². The molecule has 1 fully saturated rings. The van der Waals surface area contributed by atoms with E-state index in [9.17, 15) is 9.59 Å². The van der Waals surface area contributed by atoms with E-state index in [1.165, 1.54) is 19.2 Å². The van der Waals surface area contributed by atoms with Gasteiger partial charge in [-0.1, -0.05) is 0 Å². The number of rotatable bonds is 5. The maximum atomic E-state index is 12.4. The predicted molar refractivity (Wildman–Crippen MR) is 75.8 cm³/mol. The second-order valence-electron chi connectivity index (χ2n) is 5.17. The fraction of sp³-hybridized carbons (Fsp3) is 0.467. The summed E-state index contributed by atoms with van der Waals surface area (Å²) in [7, 11) is 3.15. The van der Waals surface area contributed by atoms with E-state index in [2.05, 4.69) is 0 Å². The van der Waals surface area contributed by atoms with Gasteiger partial charge in [-0.15, -0.1) is 0 Å². The minimum Gasteiger partial charge on any atom is -0.497 e. The second kappa shape index (κ2) is 6.58. The third kappa shape index (κ3) is 3.72. The van der Waals surface area contributed by atoms with Crippen LogP contribution in [0.2, 0.25) is 0 Å². The van der Waals surface area contributed by atoms with Gasteiger partial charge < -0.3 is 19.5 Å². The van der Waals surface area contributed by atoms with E-state index in [0.717, 1.165) is 13.0 Å². The van der Waals surface area contributed by atoms with Crippen LogP contribution in [0, 0.1) is 5.92 Å². The molecule has 1 N–H and O–H groups in total. The number of hydrogen-bond acceptors (Lipinski definition) is 4. The van der Waals surface area contributed by atoms with E-state index in [4.69, 9.17) is 14.6 Å². The first-order valence-electron chi connectivity index (χ1n) is 6.77. The molecule has 1 heterocycles. The molecule has 1 amide bonds. The molecule has 21 heavy (non-hydrogen) atoms. The van der Waals surface area contributed by atoms with Crippen molar-refractivity contribution < 1.29 is 24.2 Å². The van der Waals surface area contributed by atoms with Crippen molar-refractivity contribution >= 4 is 11.9 Å². The van der Waals surface area contributed by atoms with Crippen molar-refractivity contribution in [3.63, 3.8) is 0 Å². The van der Waals surface area contributed by atoms with Crippen LogP contribution in [-0.2, 0) is 4.74 Å². The first-order valence-corrected chi connectivity index (χ1v) is 6.77. The van der Waals surface area contributed by atoms with E-state index in [0.29, 0.717) is 30.4 Å². The molecule has 1 atom stereocenters. The van der Waals surface area contributed by atoms with E-state index in [-0.39, 0.29) is 11.5 Å². The Morgan fingerprint density at radius 3 is 2.67 bits per heavy atom. The molecule has 2 rings (SSSR count). The number of aromatic carboxylic acids is 1. The number of amides is 1. The van der Waals surface area contributed by atoms with Gasteiger partial charge in [-0.05, 0) is 24.6 Å². The van der Waals surface area contributed by atoms with E-state index < -0.39 is 5.97 Å². The number of hydrogen-bond donors (Lipinski definition) is 1. The van der Waals surface area contributed by atoms with Crippen molar-refractivity contribution in [3.8, 4) is 5.75 Å². The number of carbonyl (C=O) groups is 2. The molecular formula is C15H19NO5. The zero-order chi connectivity index (χ0) is 15.4. The Labute approximate surface area is 123 Å². The number of carbonyl (C=O) groups excluding carboxylic acids is 1. The summed E-state index contributed by atoms with van der Waals surface area (Å²) in [6.07, 6.45) is 0.941. The number of benzene rings is 1. The van der Waals surface area contributed by atoms with Gasteiger partial charge in [0.1, 0.15) is 5.75 Å². The van der Waals surface area contributed by atoms with Crippen LogP contribution >= 0.6 is 0 Å². The summed E-state index contributed by atoms with van der Waals surface area (Å²) in [6.45, 7) is 1.99. The lowest BCUT2D eigenvalue weighted by Crippen LogP contribution is -2.32. The summed E-state index contributed by atoms with van der Waals surface area (Å²) >= 11 is 0. The van der Waals surface area contributed by atoms with Gasteiger partial charge in [0.15, 0.2) is 0 Å². The van der Waals surface area contributed by atoms with Crippen LogP contribution in [0.1, 0.15) is 27.1 Å². The van der Waals surface area contributed by atoms with Crippen molar-refractivity contribution in [1.82, 2.24) is 4.90 Å². The van der Waals surface area contributed by atoms with Crippen molar-refractivity contribution in [3.05, 3.63) is 29.3 Å². The molecule has 114 valence electrons. The van der Waals surface area contributed by atoms with E-state index >= 15 is 0 Å². The van der Waals surface area contributed by atoms with Crippen molar-refractivity contribution in [2.24, 2.45) is 5.92 Å². The molecule has 0 bridgehead atoms. The van der Waals surface area contributed by atoms with Gasteiger partial charge in [-0.3, -0.25) is 4.79 Å². The van der Waals surface area contributed by atoms with Crippen LogP contribution < -0.4 is 4.74 Å². The molecule has 6 heteroatoms. The summed E-state index contributed by atoms with van der Waals surface area (Å²) in [5, 5.41) is 9.08. The van der Waals surface area contributed by atoms with Crippen molar-refractivity contribution in [2.75, 3.05) is 33.9 Å². The van der Waals surface area contributed by atoms with Crippen LogP contribution in [0.15, 0.2) is 18.2 Å². The molecule has 1 aliphatic rings. The van der Waals surface area contributed by atoms with Crippen molar-refractivity contribution in [2.45, 2.75) is 6.42 Å². The van der Waals surface area contributed by atoms with Crippen molar-refractivity contribution in [1.29, 1.82) is 0 Å². The smallest absolute Gasteiger partial charge is 0.335 e. The van der Waals surface area contributed by atoms with Gasteiger partial charge in [0.05, 0.1) is 19.3 Å². The Kier molecular flexibility index (Phi) is 4.80. The van der Waals surface area contributed by atoms with Gasteiger partial charge in [-0.2, -0.15) is 0 Å². The number of carboxylic acid groups (broad SMARTS) is 1. The Morgan fingerprint density at radius 2 is 2.10 bits per heavy atom. The first-order chi connectivity index (χ1) is 10.0. The van der Waals surface area contributed by atoms with Gasteiger partial charge >= 0.3 is 5.97 Å². The number of methoxy groups -OCH3 is 1. The maximum Gasteiger partial charge on any atom is 0.335 e. The molecule has 0 radical (unpaired) electrons. The fourth-order valence-electron chi connectivity index (χ4n) is 2.38. The molecule has 0 aliphatic carbocycles. The Balaban J connectivity index is 2.16. The minimum atomic E-state index is -1.09. The number of nitrogens with zero attached hydrogens (tertiary/aromatic N) is 1. The zero-order valence-corrected chi connectivity index (χ0v) is 12.2. The lowest BCUT2D eigenvalue weighted by atomic mass is 10.1. The quantitative estimate of drug-likeness (QED) is 0.890.